The summed E-state index contributed by atoms with van der Waals surface area (Å²) in [4.78, 5) is 13.1. The highest BCUT2D eigenvalue weighted by Gasteiger charge is 2.21. The van der Waals surface area contributed by atoms with Gasteiger partial charge in [0.2, 0.25) is 0 Å². The van der Waals surface area contributed by atoms with Crippen molar-refractivity contribution in [3.63, 3.8) is 0 Å². The highest BCUT2D eigenvalue weighted by Crippen LogP contribution is 2.33. The summed E-state index contributed by atoms with van der Waals surface area (Å²) in [5, 5.41) is -0.308. The molecule has 1 aromatic rings. The molecular formula is C11H13ClOS. The van der Waals surface area contributed by atoms with Crippen molar-refractivity contribution < 1.29 is 4.79 Å². The van der Waals surface area contributed by atoms with E-state index in [1.807, 2.05) is 6.07 Å². The van der Waals surface area contributed by atoms with Crippen molar-refractivity contribution in [2.24, 2.45) is 5.92 Å². The summed E-state index contributed by atoms with van der Waals surface area (Å²) in [5.41, 5.74) is 1.36. The van der Waals surface area contributed by atoms with Crippen molar-refractivity contribution in [3.05, 3.63) is 21.4 Å². The van der Waals surface area contributed by atoms with Crippen molar-refractivity contribution in [1.82, 2.24) is 0 Å². The van der Waals surface area contributed by atoms with Crippen LogP contribution in [-0.4, -0.2) is 5.24 Å². The Bertz CT molecular complexity index is 356. The van der Waals surface area contributed by atoms with E-state index in [2.05, 4.69) is 6.92 Å². The van der Waals surface area contributed by atoms with Crippen LogP contribution in [0.25, 0.3) is 0 Å². The summed E-state index contributed by atoms with van der Waals surface area (Å²) < 4.78 is 0. The molecule has 1 atom stereocenters. The first kappa shape index (κ1) is 10.2. The van der Waals surface area contributed by atoms with Crippen molar-refractivity contribution in [2.75, 3.05) is 0 Å². The molecule has 1 heterocycles. The fourth-order valence-electron chi connectivity index (χ4n) is 2.04. The second-order valence-corrected chi connectivity index (χ2v) is 5.33. The van der Waals surface area contributed by atoms with Gasteiger partial charge in [-0.2, -0.15) is 0 Å². The molecule has 0 spiro atoms. The topological polar surface area (TPSA) is 17.1 Å². The van der Waals surface area contributed by atoms with Gasteiger partial charge in [-0.05, 0) is 48.4 Å². The first-order chi connectivity index (χ1) is 6.70. The van der Waals surface area contributed by atoms with E-state index in [1.165, 1.54) is 23.3 Å². The SMILES string of the molecule is CC[C@H]1CCc2sc(C(=O)Cl)cc2C1. The Balaban J connectivity index is 2.25. The van der Waals surface area contributed by atoms with Crippen LogP contribution in [0.4, 0.5) is 0 Å². The maximum absolute atomic E-state index is 11.0. The second-order valence-electron chi connectivity index (χ2n) is 3.85. The molecule has 0 unspecified atom stereocenters. The Morgan fingerprint density at radius 2 is 2.50 bits per heavy atom. The van der Waals surface area contributed by atoms with Crippen molar-refractivity contribution >= 4 is 28.2 Å². The number of hydrogen-bond acceptors (Lipinski definition) is 2. The van der Waals surface area contributed by atoms with Gasteiger partial charge in [-0.1, -0.05) is 13.3 Å². The first-order valence-electron chi connectivity index (χ1n) is 5.02. The number of fused-ring (bicyclic) bond motifs is 1. The number of aryl methyl sites for hydroxylation is 1. The summed E-state index contributed by atoms with van der Waals surface area (Å²) in [6.45, 7) is 2.23. The molecule has 0 saturated carbocycles. The summed E-state index contributed by atoms with van der Waals surface area (Å²) in [7, 11) is 0. The first-order valence-corrected chi connectivity index (χ1v) is 6.21. The zero-order valence-corrected chi connectivity index (χ0v) is 9.75. The van der Waals surface area contributed by atoms with Crippen LogP contribution in [-0.2, 0) is 12.8 Å². The van der Waals surface area contributed by atoms with Gasteiger partial charge in [0.05, 0.1) is 4.88 Å². The molecule has 1 nitrogen and oxygen atoms in total. The van der Waals surface area contributed by atoms with Crippen LogP contribution in [0.5, 0.6) is 0 Å². The molecule has 0 fully saturated rings. The maximum Gasteiger partial charge on any atom is 0.262 e. The third kappa shape index (κ3) is 1.86. The molecule has 0 radical (unpaired) electrons. The summed E-state index contributed by atoms with van der Waals surface area (Å²) in [6, 6.07) is 1.98. The van der Waals surface area contributed by atoms with Crippen molar-refractivity contribution in [2.45, 2.75) is 32.6 Å². The zero-order valence-electron chi connectivity index (χ0n) is 8.18. The van der Waals surface area contributed by atoms with E-state index in [0.717, 1.165) is 18.8 Å². The Morgan fingerprint density at radius 1 is 1.71 bits per heavy atom. The largest absolute Gasteiger partial charge is 0.275 e. The molecule has 1 aliphatic rings. The predicted octanol–water partition coefficient (Wildman–Crippen LogP) is 3.64. The molecule has 3 heteroatoms. The van der Waals surface area contributed by atoms with E-state index in [9.17, 15) is 4.79 Å². The van der Waals surface area contributed by atoms with Crippen LogP contribution in [0.15, 0.2) is 6.07 Å². The van der Waals surface area contributed by atoms with Crippen LogP contribution in [0.1, 0.15) is 39.9 Å². The molecule has 0 N–H and O–H groups in total. The van der Waals surface area contributed by atoms with Gasteiger partial charge in [0, 0.05) is 4.88 Å². The minimum atomic E-state index is -0.308. The van der Waals surface area contributed by atoms with E-state index in [-0.39, 0.29) is 5.24 Å². The molecule has 0 bridgehead atoms. The fourth-order valence-corrected chi connectivity index (χ4v) is 3.25. The average molecular weight is 229 g/mol. The second kappa shape index (κ2) is 4.03. The Labute approximate surface area is 93.1 Å². The van der Waals surface area contributed by atoms with Crippen LogP contribution >= 0.6 is 22.9 Å². The van der Waals surface area contributed by atoms with Gasteiger partial charge in [-0.3, -0.25) is 4.79 Å². The van der Waals surface area contributed by atoms with Gasteiger partial charge in [0.1, 0.15) is 0 Å². The van der Waals surface area contributed by atoms with E-state index < -0.39 is 0 Å². The Hall–Kier alpha value is -0.340. The van der Waals surface area contributed by atoms with Crippen molar-refractivity contribution in [3.8, 4) is 0 Å². The minimum Gasteiger partial charge on any atom is -0.275 e. The number of halogens is 1. The molecule has 0 saturated heterocycles. The van der Waals surface area contributed by atoms with Gasteiger partial charge >= 0.3 is 0 Å². The van der Waals surface area contributed by atoms with Gasteiger partial charge in [-0.25, -0.2) is 0 Å². The average Bonchev–Trinajstić information content (AvgIpc) is 2.59. The fraction of sp³-hybridized carbons (Fsp3) is 0.545. The number of carbonyl (C=O) groups is 1. The smallest absolute Gasteiger partial charge is 0.262 e. The lowest BCUT2D eigenvalue weighted by Gasteiger charge is -2.19. The molecule has 14 heavy (non-hydrogen) atoms. The third-order valence-electron chi connectivity index (χ3n) is 2.96. The monoisotopic (exact) mass is 228 g/mol. The summed E-state index contributed by atoms with van der Waals surface area (Å²) >= 11 is 7.04. The quantitative estimate of drug-likeness (QED) is 0.707. The van der Waals surface area contributed by atoms with E-state index in [0.29, 0.717) is 4.88 Å². The van der Waals surface area contributed by atoms with E-state index >= 15 is 0 Å². The van der Waals surface area contributed by atoms with Crippen LogP contribution in [0.2, 0.25) is 0 Å². The van der Waals surface area contributed by atoms with E-state index in [4.69, 9.17) is 11.6 Å². The number of hydrogen-bond donors (Lipinski definition) is 0. The molecule has 0 aliphatic heterocycles. The van der Waals surface area contributed by atoms with Gasteiger partial charge in [0.25, 0.3) is 5.24 Å². The van der Waals surface area contributed by atoms with Crippen molar-refractivity contribution in [1.29, 1.82) is 0 Å². The molecular weight excluding hydrogens is 216 g/mol. The molecule has 1 aromatic heterocycles. The van der Waals surface area contributed by atoms with E-state index in [1.54, 1.807) is 11.3 Å². The molecule has 0 amide bonds. The number of rotatable bonds is 2. The summed E-state index contributed by atoms with van der Waals surface area (Å²) in [6.07, 6.45) is 4.76. The zero-order chi connectivity index (χ0) is 10.1. The Morgan fingerprint density at radius 3 is 3.14 bits per heavy atom. The summed E-state index contributed by atoms with van der Waals surface area (Å²) in [5.74, 6) is 0.801. The highest BCUT2D eigenvalue weighted by molar-refractivity contribution is 7.15. The normalized spacial score (nSPS) is 20.6. The lowest BCUT2D eigenvalue weighted by Crippen LogP contribution is -2.10. The van der Waals surface area contributed by atoms with Gasteiger partial charge < -0.3 is 0 Å². The molecule has 0 aromatic carbocycles. The van der Waals surface area contributed by atoms with Crippen LogP contribution in [0.3, 0.4) is 0 Å². The lowest BCUT2D eigenvalue weighted by molar-refractivity contribution is 0.108. The Kier molecular flexibility index (Phi) is 2.93. The molecule has 76 valence electrons. The minimum absolute atomic E-state index is 0.308. The van der Waals surface area contributed by atoms with Gasteiger partial charge in [-0.15, -0.1) is 11.3 Å². The van der Waals surface area contributed by atoms with Gasteiger partial charge in [0.15, 0.2) is 0 Å². The third-order valence-corrected chi connectivity index (χ3v) is 4.51. The van der Waals surface area contributed by atoms with Crippen LogP contribution in [0, 0.1) is 5.92 Å². The molecule has 1 aliphatic carbocycles. The molecule has 2 rings (SSSR count). The lowest BCUT2D eigenvalue weighted by atomic mass is 9.87. The van der Waals surface area contributed by atoms with Crippen LogP contribution < -0.4 is 0 Å². The maximum atomic E-state index is 11.0. The highest BCUT2D eigenvalue weighted by atomic mass is 35.5. The standard InChI is InChI=1S/C11H13ClOS/c1-2-7-3-4-9-8(5-7)6-10(14-9)11(12)13/h6-7H,2-5H2,1H3/t7-/m0/s1. The predicted molar refractivity (Wildman–Crippen MR) is 60.3 cm³/mol. The number of thiophene rings is 1. The number of carbonyl (C=O) groups excluding carboxylic acids is 1.